The quantitative estimate of drug-likeness (QED) is 0.303. The first-order valence-electron chi connectivity index (χ1n) is 10.6. The number of nitrogens with one attached hydrogen (secondary N) is 2. The molecule has 0 saturated carbocycles. The van der Waals surface area contributed by atoms with Gasteiger partial charge < -0.3 is 15.5 Å². The Kier molecular flexibility index (Phi) is 7.23. The van der Waals surface area contributed by atoms with E-state index < -0.39 is 51.4 Å². The maximum atomic E-state index is 14.3. The molecule has 2 aliphatic rings. The molecule has 6 nitrogen and oxygen atoms in total. The molecule has 1 aliphatic carbocycles. The maximum Gasteiger partial charge on any atom is 0.435 e. The highest BCUT2D eigenvalue weighted by molar-refractivity contribution is 7.16. The Morgan fingerprint density at radius 2 is 1.86 bits per heavy atom. The van der Waals surface area contributed by atoms with Crippen LogP contribution in [0.4, 0.5) is 17.6 Å². The van der Waals surface area contributed by atoms with E-state index in [-0.39, 0.29) is 18.8 Å². The van der Waals surface area contributed by atoms with E-state index in [1.165, 1.54) is 0 Å². The van der Waals surface area contributed by atoms with Crippen LogP contribution in [0.5, 0.6) is 0 Å². The number of rotatable bonds is 6. The predicted molar refractivity (Wildman–Crippen MR) is 127 cm³/mol. The first-order chi connectivity index (χ1) is 17.0. The van der Waals surface area contributed by atoms with Gasteiger partial charge in [0, 0.05) is 5.56 Å². The molecule has 13 heteroatoms. The molecule has 2 N–H and O–H groups in total. The van der Waals surface area contributed by atoms with Crippen LogP contribution in [-0.2, 0) is 28.1 Å². The first-order valence-corrected chi connectivity index (χ1v) is 12.2. The van der Waals surface area contributed by atoms with Gasteiger partial charge in [0.15, 0.2) is 5.82 Å². The largest absolute Gasteiger partial charge is 0.435 e. The van der Waals surface area contributed by atoms with E-state index in [1.54, 1.807) is 0 Å². The van der Waals surface area contributed by atoms with Gasteiger partial charge in [-0.05, 0) is 42.5 Å². The van der Waals surface area contributed by atoms with Crippen LogP contribution in [0.25, 0.3) is 0 Å². The monoisotopic (exact) mass is 561 g/mol. The summed E-state index contributed by atoms with van der Waals surface area (Å²) >= 11 is 12.5. The summed E-state index contributed by atoms with van der Waals surface area (Å²) in [6.07, 6.45) is 1.21. The third kappa shape index (κ3) is 4.65. The molecule has 1 atom stereocenters. The zero-order valence-corrected chi connectivity index (χ0v) is 20.7. The molecule has 0 spiro atoms. The van der Waals surface area contributed by atoms with Gasteiger partial charge in [-0.15, -0.1) is 17.8 Å². The minimum absolute atomic E-state index is 0.00198. The number of hydrogen-bond donors (Lipinski definition) is 2. The van der Waals surface area contributed by atoms with Gasteiger partial charge in [0.25, 0.3) is 11.5 Å². The van der Waals surface area contributed by atoms with Crippen LogP contribution in [-0.4, -0.2) is 36.8 Å². The molecule has 0 unspecified atom stereocenters. The van der Waals surface area contributed by atoms with Crippen LogP contribution in [0.15, 0.2) is 17.3 Å². The smallest absolute Gasteiger partial charge is 0.374 e. The van der Waals surface area contributed by atoms with E-state index >= 15 is 0 Å². The number of nitrogens with zero attached hydrogens (tertiary/aromatic N) is 1. The standard InChI is InChI=1S/C23H17Cl2F4N3O3S/c1-2-6-30-17(33)10-31-21(34)20-13-5-3-4-12(13)19(36-20)16-9-22(35-32-16,23(27,28)29)11-7-14(24)18(26)15(25)8-11/h1,7-8H,3-6,9-10H2,(H,30,33)(H,31,34)/t22-/m0/s1. The van der Waals surface area contributed by atoms with Gasteiger partial charge >= 0.3 is 6.18 Å². The van der Waals surface area contributed by atoms with Gasteiger partial charge in [-0.3, -0.25) is 9.59 Å². The number of terminal acetylenes is 1. The van der Waals surface area contributed by atoms with E-state index in [1.807, 2.05) is 0 Å². The maximum absolute atomic E-state index is 14.3. The fourth-order valence-electron chi connectivity index (χ4n) is 4.15. The van der Waals surface area contributed by atoms with E-state index in [9.17, 15) is 27.2 Å². The zero-order valence-electron chi connectivity index (χ0n) is 18.3. The topological polar surface area (TPSA) is 79.8 Å². The lowest BCUT2D eigenvalue weighted by Gasteiger charge is -2.29. The van der Waals surface area contributed by atoms with Crippen molar-refractivity contribution >= 4 is 52.1 Å². The number of oxime groups is 1. The van der Waals surface area contributed by atoms with Gasteiger partial charge in [-0.1, -0.05) is 34.3 Å². The lowest BCUT2D eigenvalue weighted by Crippen LogP contribution is -2.42. The number of thiophene rings is 1. The molecule has 2 heterocycles. The van der Waals surface area contributed by atoms with Crippen LogP contribution in [0.3, 0.4) is 0 Å². The Labute approximate surface area is 217 Å². The molecular formula is C23H17Cl2F4N3O3S. The van der Waals surface area contributed by atoms with Crippen LogP contribution in [0.1, 0.15) is 44.1 Å². The molecular weight excluding hydrogens is 545 g/mol. The van der Waals surface area contributed by atoms with Crippen LogP contribution < -0.4 is 10.6 Å². The number of amides is 2. The molecule has 0 radical (unpaired) electrons. The Bertz CT molecular complexity index is 1300. The Hall–Kier alpha value is -2.81. The summed E-state index contributed by atoms with van der Waals surface area (Å²) in [6, 6.07) is 1.63. The SMILES string of the molecule is C#CCNC(=O)CNC(=O)c1sc(C2=NO[C@@](c3cc(Cl)c(F)c(Cl)c3)(C(F)(F)F)C2)c2c1CCC2. The number of carbonyl (C=O) groups is 2. The van der Waals surface area contributed by atoms with Crippen molar-refractivity contribution in [1.29, 1.82) is 0 Å². The van der Waals surface area contributed by atoms with Crippen molar-refractivity contribution in [2.75, 3.05) is 13.1 Å². The van der Waals surface area contributed by atoms with Crippen molar-refractivity contribution in [2.24, 2.45) is 5.16 Å². The van der Waals surface area contributed by atoms with Gasteiger partial charge in [0.2, 0.25) is 5.91 Å². The molecule has 2 aromatic rings. The number of hydrogen-bond acceptors (Lipinski definition) is 5. The zero-order chi connectivity index (χ0) is 26.3. The summed E-state index contributed by atoms with van der Waals surface area (Å²) in [5.41, 5.74) is -2.00. The molecule has 1 aliphatic heterocycles. The van der Waals surface area contributed by atoms with Crippen molar-refractivity contribution in [3.05, 3.63) is 54.4 Å². The van der Waals surface area contributed by atoms with Gasteiger partial charge in [0.05, 0.1) is 39.3 Å². The van der Waals surface area contributed by atoms with Crippen LogP contribution in [0.2, 0.25) is 10.0 Å². The predicted octanol–water partition coefficient (Wildman–Crippen LogP) is 4.74. The van der Waals surface area contributed by atoms with Crippen LogP contribution in [0, 0.1) is 18.2 Å². The van der Waals surface area contributed by atoms with Crippen molar-refractivity contribution in [1.82, 2.24) is 10.6 Å². The molecule has 190 valence electrons. The number of benzene rings is 1. The minimum Gasteiger partial charge on any atom is -0.374 e. The average molecular weight is 562 g/mol. The fourth-order valence-corrected chi connectivity index (χ4v) is 5.93. The molecule has 0 bridgehead atoms. The van der Waals surface area contributed by atoms with E-state index in [0.717, 1.165) is 29.0 Å². The lowest BCUT2D eigenvalue weighted by molar-refractivity contribution is -0.275. The highest BCUT2D eigenvalue weighted by Crippen LogP contribution is 2.51. The molecule has 0 saturated heterocycles. The Balaban J connectivity index is 1.64. The van der Waals surface area contributed by atoms with Crippen LogP contribution >= 0.6 is 34.5 Å². The van der Waals surface area contributed by atoms with Crippen molar-refractivity contribution in [3.63, 3.8) is 0 Å². The summed E-state index contributed by atoms with van der Waals surface area (Å²) in [5, 5.41) is 7.51. The summed E-state index contributed by atoms with van der Waals surface area (Å²) in [7, 11) is 0. The number of carbonyl (C=O) groups excluding carboxylic acids is 2. The Morgan fingerprint density at radius 3 is 2.50 bits per heavy atom. The summed E-state index contributed by atoms with van der Waals surface area (Å²) in [4.78, 5) is 30.2. The molecule has 1 aromatic carbocycles. The molecule has 4 rings (SSSR count). The average Bonchev–Trinajstić information content (AvgIpc) is 3.54. The number of fused-ring (bicyclic) bond motifs is 1. The normalized spacial score (nSPS) is 18.8. The second-order valence-electron chi connectivity index (χ2n) is 8.12. The summed E-state index contributed by atoms with van der Waals surface area (Å²) < 4.78 is 56.9. The lowest BCUT2D eigenvalue weighted by atomic mass is 9.87. The second kappa shape index (κ2) is 9.92. The Morgan fingerprint density at radius 1 is 1.19 bits per heavy atom. The van der Waals surface area contributed by atoms with E-state index in [4.69, 9.17) is 34.5 Å². The highest BCUT2D eigenvalue weighted by atomic mass is 35.5. The fraction of sp³-hybridized carbons (Fsp3) is 0.348. The van der Waals surface area contributed by atoms with E-state index in [0.29, 0.717) is 34.6 Å². The van der Waals surface area contributed by atoms with Crippen molar-refractivity contribution < 1.29 is 32.0 Å². The highest BCUT2D eigenvalue weighted by Gasteiger charge is 2.63. The molecule has 0 fully saturated rings. The summed E-state index contributed by atoms with van der Waals surface area (Å²) in [6.45, 7) is -0.297. The minimum atomic E-state index is -4.95. The van der Waals surface area contributed by atoms with Gasteiger partial charge in [-0.25, -0.2) is 4.39 Å². The molecule has 2 amide bonds. The van der Waals surface area contributed by atoms with Crippen molar-refractivity contribution in [2.45, 2.75) is 37.5 Å². The van der Waals surface area contributed by atoms with Gasteiger partial charge in [-0.2, -0.15) is 13.2 Å². The third-order valence-corrected chi connectivity index (χ3v) is 7.74. The van der Waals surface area contributed by atoms with Gasteiger partial charge in [0.1, 0.15) is 5.71 Å². The molecule has 36 heavy (non-hydrogen) atoms. The molecule has 1 aromatic heterocycles. The first kappa shape index (κ1) is 26.3. The summed E-state index contributed by atoms with van der Waals surface area (Å²) in [5.74, 6) is 0.194. The number of alkyl halides is 3. The number of halogens is 6. The third-order valence-electron chi connectivity index (χ3n) is 5.87. The van der Waals surface area contributed by atoms with E-state index in [2.05, 4.69) is 21.7 Å². The second-order valence-corrected chi connectivity index (χ2v) is 9.95. The van der Waals surface area contributed by atoms with Crippen molar-refractivity contribution in [3.8, 4) is 12.3 Å².